The van der Waals surface area contributed by atoms with Crippen molar-refractivity contribution in [2.45, 2.75) is 0 Å². The van der Waals surface area contributed by atoms with Crippen LogP contribution in [0.1, 0.15) is 0 Å². The summed E-state index contributed by atoms with van der Waals surface area (Å²) >= 11 is 3.63. The number of aromatic nitrogens is 6. The van der Waals surface area contributed by atoms with Gasteiger partial charge in [0, 0.05) is 107 Å². The van der Waals surface area contributed by atoms with Gasteiger partial charge >= 0.3 is 0 Å². The Kier molecular flexibility index (Phi) is 16.6. The van der Waals surface area contributed by atoms with Gasteiger partial charge in [0.05, 0.1) is 44.8 Å². The Bertz CT molecular complexity index is 8780. The van der Waals surface area contributed by atoms with E-state index in [0.29, 0.717) is 5.82 Å². The predicted molar refractivity (Wildman–Crippen MR) is 527 cm³/mol. The highest BCUT2D eigenvalue weighted by Crippen LogP contribution is 2.46. The second kappa shape index (κ2) is 29.0. The zero-order valence-corrected chi connectivity index (χ0v) is 68.5. The summed E-state index contributed by atoms with van der Waals surface area (Å²) in [4.78, 5) is 21.4. The molecule has 0 aliphatic carbocycles. The molecule has 6 heterocycles. The fraction of sp³-hybridized carbons (Fsp3) is 0. The molecule has 0 amide bonds. The van der Waals surface area contributed by atoms with E-state index in [1.807, 2.05) is 22.7 Å². The molecule has 8 heteroatoms. The van der Waals surface area contributed by atoms with Crippen LogP contribution >= 0.6 is 22.7 Å². The molecular weight excluding hydrogens is 1540 g/mol. The number of benzene rings is 20. The molecule has 6 aromatic heterocycles. The molecule has 0 saturated carbocycles. The van der Waals surface area contributed by atoms with Gasteiger partial charge in [-0.15, -0.1) is 22.7 Å². The van der Waals surface area contributed by atoms with Gasteiger partial charge < -0.3 is 9.13 Å². The van der Waals surface area contributed by atoms with Gasteiger partial charge in [-0.3, -0.25) is 0 Å². The Balaban J connectivity index is 0.000000136. The van der Waals surface area contributed by atoms with Crippen molar-refractivity contribution in [3.8, 4) is 101 Å². The third kappa shape index (κ3) is 11.8. The second-order valence-electron chi connectivity index (χ2n) is 32.2. The Morgan fingerprint density at radius 1 is 0.161 bits per heavy atom. The van der Waals surface area contributed by atoms with Crippen LogP contribution in [-0.4, -0.2) is 29.1 Å². The summed E-state index contributed by atoms with van der Waals surface area (Å²) in [7, 11) is 0. The fourth-order valence-corrected chi connectivity index (χ4v) is 21.6. The van der Waals surface area contributed by atoms with Crippen LogP contribution in [0.15, 0.2) is 425 Å². The first-order valence-electron chi connectivity index (χ1n) is 42.1. The van der Waals surface area contributed by atoms with Gasteiger partial charge in [-0.05, 0) is 196 Å². The summed E-state index contributed by atoms with van der Waals surface area (Å²) in [6.07, 6.45) is 0. The lowest BCUT2D eigenvalue weighted by Crippen LogP contribution is -1.97. The summed E-state index contributed by atoms with van der Waals surface area (Å²) < 4.78 is 9.85. The maximum absolute atomic E-state index is 5.41. The molecule has 6 nitrogen and oxygen atoms in total. The minimum atomic E-state index is 0.709. The van der Waals surface area contributed by atoms with E-state index in [0.717, 1.165) is 84.4 Å². The number of thiophene rings is 2. The molecule has 576 valence electrons. The summed E-state index contributed by atoms with van der Waals surface area (Å²) in [6.45, 7) is 0. The van der Waals surface area contributed by atoms with Crippen molar-refractivity contribution in [2.24, 2.45) is 0 Å². The Labute approximate surface area is 721 Å². The maximum Gasteiger partial charge on any atom is 0.161 e. The third-order valence-electron chi connectivity index (χ3n) is 25.2. The summed E-state index contributed by atoms with van der Waals surface area (Å²) in [5, 5.41) is 25.0. The van der Waals surface area contributed by atoms with Crippen molar-refractivity contribution < 1.29 is 0 Å². The highest BCUT2D eigenvalue weighted by molar-refractivity contribution is 7.26. The van der Waals surface area contributed by atoms with E-state index in [1.54, 1.807) is 0 Å². The number of rotatable bonds is 10. The lowest BCUT2D eigenvalue weighted by atomic mass is 9.94. The molecule has 20 aromatic carbocycles. The maximum atomic E-state index is 5.41. The fourth-order valence-electron chi connectivity index (χ4n) is 19.3. The number of nitrogens with zero attached hydrogens (tertiary/aromatic N) is 6. The molecule has 124 heavy (non-hydrogen) atoms. The lowest BCUT2D eigenvalue weighted by Gasteiger charge is -2.14. The number of fused-ring (bicyclic) bond motifs is 24. The zero-order valence-electron chi connectivity index (χ0n) is 66.9. The van der Waals surface area contributed by atoms with Crippen molar-refractivity contribution in [1.82, 2.24) is 29.1 Å². The average Bonchev–Trinajstić information content (AvgIpc) is 1.41. The Morgan fingerprint density at radius 2 is 0.476 bits per heavy atom. The summed E-state index contributed by atoms with van der Waals surface area (Å²) in [6, 6.07) is 154. The van der Waals surface area contributed by atoms with Gasteiger partial charge in [-0.1, -0.05) is 315 Å². The van der Waals surface area contributed by atoms with E-state index < -0.39 is 0 Å². The van der Waals surface area contributed by atoms with Crippen molar-refractivity contribution in [2.75, 3.05) is 0 Å². The molecule has 0 N–H and O–H groups in total. The summed E-state index contributed by atoms with van der Waals surface area (Å²) in [5.74, 6) is 1.43. The van der Waals surface area contributed by atoms with Crippen molar-refractivity contribution in [3.63, 3.8) is 0 Å². The van der Waals surface area contributed by atoms with Gasteiger partial charge in [0.1, 0.15) is 0 Å². The first-order chi connectivity index (χ1) is 61.4. The molecule has 0 fully saturated rings. The van der Waals surface area contributed by atoms with E-state index in [1.165, 1.54) is 160 Å². The zero-order chi connectivity index (χ0) is 81.5. The van der Waals surface area contributed by atoms with E-state index in [4.69, 9.17) is 19.9 Å². The minimum Gasteiger partial charge on any atom is -0.309 e. The predicted octanol–water partition coefficient (Wildman–Crippen LogP) is 32.1. The third-order valence-corrected chi connectivity index (χ3v) is 27.6. The quantitative estimate of drug-likeness (QED) is 0.128. The molecule has 0 atom stereocenters. The monoisotopic (exact) mass is 1610 g/mol. The molecule has 0 aliphatic rings. The molecule has 0 radical (unpaired) electrons. The van der Waals surface area contributed by atoms with Crippen molar-refractivity contribution >= 4 is 171 Å². The van der Waals surface area contributed by atoms with Gasteiger partial charge in [0.2, 0.25) is 0 Å². The number of hydrogen-bond donors (Lipinski definition) is 0. The SMILES string of the molecule is c1ccc(-c2ccc(-c3cc(-c4ccc5c(c4)c4ccccc4n5-c4ccc5c6ccccc6c6ccccc6c5c4)nc(-c4ccc5sc6ccccc6c5c4)n3)cc2)cc1.c1ccc(-c2ccc(-c3cc(-c4ccc5c(c4)c4ccccc4n5-c4ccc5c6ccccc6c6ccccc6c5c4)nc(-c4cccc5c4sc4ccccc45)n3)cc2)cc1. The van der Waals surface area contributed by atoms with E-state index >= 15 is 0 Å². The van der Waals surface area contributed by atoms with Crippen LogP contribution in [0.3, 0.4) is 0 Å². The van der Waals surface area contributed by atoms with Gasteiger partial charge in [-0.2, -0.15) is 0 Å². The molecular formula is C116H70N6S2. The van der Waals surface area contributed by atoms with Crippen LogP contribution in [0, 0.1) is 0 Å². The average molecular weight is 1610 g/mol. The van der Waals surface area contributed by atoms with Crippen LogP contribution < -0.4 is 0 Å². The minimum absolute atomic E-state index is 0.709. The first kappa shape index (κ1) is 71.1. The van der Waals surface area contributed by atoms with E-state index in [9.17, 15) is 0 Å². The van der Waals surface area contributed by atoms with Crippen molar-refractivity contribution in [3.05, 3.63) is 425 Å². The second-order valence-corrected chi connectivity index (χ2v) is 34.3. The standard InChI is InChI=1S/2C58H35N3S/c1-2-13-36(14-3-1)37-25-27-38(28-26-37)52-35-53(60-58(59-52)49-22-12-21-48-47-20-9-11-24-56(47)62-57(48)49)39-29-32-55-51(33-39)46-19-8-10-23-54(46)61(55)40-30-31-45-43-17-5-4-15-41(43)42-16-6-7-18-44(42)50(45)34-40;1-2-12-36(13-3-1)37-22-24-38(25-23-37)52-35-53(60-58(59-52)40-27-31-57-51(33-40)48-19-9-11-21-56(48)62-57)39-26-30-55-50(32-39)47-18-8-10-20-54(47)61(55)41-28-29-46-44-16-5-4-14-42(44)43-15-6-7-17-45(43)49(46)34-41/h2*1-35H. The number of hydrogen-bond acceptors (Lipinski definition) is 6. The Morgan fingerprint density at radius 3 is 0.944 bits per heavy atom. The smallest absolute Gasteiger partial charge is 0.161 e. The molecule has 26 rings (SSSR count). The molecule has 0 unspecified atom stereocenters. The van der Waals surface area contributed by atoms with Gasteiger partial charge in [-0.25, -0.2) is 19.9 Å². The van der Waals surface area contributed by atoms with Crippen LogP contribution in [0.25, 0.3) is 250 Å². The topological polar surface area (TPSA) is 61.4 Å². The molecule has 0 bridgehead atoms. The van der Waals surface area contributed by atoms with Crippen LogP contribution in [-0.2, 0) is 0 Å². The largest absolute Gasteiger partial charge is 0.309 e. The lowest BCUT2D eigenvalue weighted by molar-refractivity contribution is 1.18. The van der Waals surface area contributed by atoms with Crippen LogP contribution in [0.5, 0.6) is 0 Å². The van der Waals surface area contributed by atoms with Crippen LogP contribution in [0.2, 0.25) is 0 Å². The molecule has 0 saturated heterocycles. The number of para-hydroxylation sites is 2. The Hall–Kier alpha value is -15.8. The van der Waals surface area contributed by atoms with Gasteiger partial charge in [0.15, 0.2) is 11.6 Å². The molecule has 0 aliphatic heterocycles. The van der Waals surface area contributed by atoms with E-state index in [-0.39, 0.29) is 0 Å². The highest BCUT2D eigenvalue weighted by Gasteiger charge is 2.23. The normalized spacial score (nSPS) is 11.9. The highest BCUT2D eigenvalue weighted by atomic mass is 32.1. The van der Waals surface area contributed by atoms with Crippen molar-refractivity contribution in [1.29, 1.82) is 0 Å². The molecule has 0 spiro atoms. The summed E-state index contributed by atoms with van der Waals surface area (Å²) in [5.41, 5.74) is 21.4. The van der Waals surface area contributed by atoms with Gasteiger partial charge in [0.25, 0.3) is 0 Å². The van der Waals surface area contributed by atoms with E-state index in [2.05, 4.69) is 434 Å². The van der Waals surface area contributed by atoms with Crippen LogP contribution in [0.4, 0.5) is 0 Å². The first-order valence-corrected chi connectivity index (χ1v) is 43.8. The molecule has 26 aromatic rings.